The van der Waals surface area contributed by atoms with Crippen LogP contribution >= 0.6 is 0 Å². The summed E-state index contributed by atoms with van der Waals surface area (Å²) in [6.07, 6.45) is 2.77. The Balaban J connectivity index is 2.82. The van der Waals surface area contributed by atoms with Crippen molar-refractivity contribution in [3.63, 3.8) is 0 Å². The lowest BCUT2D eigenvalue weighted by Gasteiger charge is -2.18. The summed E-state index contributed by atoms with van der Waals surface area (Å²) in [4.78, 5) is 0. The summed E-state index contributed by atoms with van der Waals surface area (Å²) in [5.41, 5.74) is 5.94. The van der Waals surface area contributed by atoms with Crippen LogP contribution in [0.5, 0.6) is 0 Å². The van der Waals surface area contributed by atoms with Crippen LogP contribution in [0, 0.1) is 6.92 Å². The van der Waals surface area contributed by atoms with Crippen molar-refractivity contribution in [2.75, 3.05) is 13.7 Å². The Hall–Kier alpha value is -1.04. The van der Waals surface area contributed by atoms with Crippen LogP contribution in [0.2, 0.25) is 0 Å². The van der Waals surface area contributed by atoms with E-state index < -0.39 is 0 Å². The molecule has 1 aromatic heterocycles. The maximum Gasteiger partial charge on any atom is 0.0676 e. The molecule has 1 heterocycles. The van der Waals surface area contributed by atoms with Crippen molar-refractivity contribution in [3.05, 3.63) is 23.0 Å². The van der Waals surface area contributed by atoms with Crippen LogP contribution in [0.3, 0.4) is 0 Å². The lowest BCUT2D eigenvalue weighted by Crippen LogP contribution is -2.29. The van der Waals surface area contributed by atoms with Crippen molar-refractivity contribution < 1.29 is 4.74 Å². The van der Waals surface area contributed by atoms with Crippen molar-refractivity contribution in [1.82, 2.24) is 15.6 Å². The van der Waals surface area contributed by atoms with E-state index in [0.29, 0.717) is 0 Å². The smallest absolute Gasteiger partial charge is 0.0676 e. The van der Waals surface area contributed by atoms with Crippen LogP contribution in [0.25, 0.3) is 0 Å². The van der Waals surface area contributed by atoms with Gasteiger partial charge in [-0.2, -0.15) is 10.2 Å². The molecule has 0 saturated heterocycles. The molecule has 0 saturated carbocycles. The van der Waals surface area contributed by atoms with Gasteiger partial charge < -0.3 is 4.74 Å². The van der Waals surface area contributed by atoms with Gasteiger partial charge in [-0.05, 0) is 37.8 Å². The van der Waals surface area contributed by atoms with E-state index in [2.05, 4.69) is 28.6 Å². The minimum Gasteiger partial charge on any atom is -0.385 e. The normalized spacial score (nSPS) is 12.7. The zero-order chi connectivity index (χ0) is 12.7. The molecule has 0 fully saturated rings. The second-order valence-corrected chi connectivity index (χ2v) is 4.10. The van der Waals surface area contributed by atoms with E-state index in [1.807, 2.05) is 6.92 Å². The Labute approximate surface area is 103 Å². The molecule has 1 rings (SSSR count). The number of hydrazine groups is 1. The molecule has 0 amide bonds. The molecule has 1 unspecified atom stereocenters. The number of nitrogens with two attached hydrogens (primary N) is 1. The highest BCUT2D eigenvalue weighted by Gasteiger charge is 2.14. The second-order valence-electron chi connectivity index (χ2n) is 4.10. The molecule has 17 heavy (non-hydrogen) atoms. The van der Waals surface area contributed by atoms with Crippen molar-refractivity contribution in [2.24, 2.45) is 5.84 Å². The predicted octanol–water partition coefficient (Wildman–Crippen LogP) is 1.28. The minimum atomic E-state index is 0.120. The molecule has 5 nitrogen and oxygen atoms in total. The van der Waals surface area contributed by atoms with Crippen molar-refractivity contribution in [2.45, 2.75) is 39.2 Å². The quantitative estimate of drug-likeness (QED) is 0.425. The monoisotopic (exact) mass is 238 g/mol. The van der Waals surface area contributed by atoms with Crippen molar-refractivity contribution in [3.8, 4) is 0 Å². The van der Waals surface area contributed by atoms with Gasteiger partial charge in [0, 0.05) is 19.8 Å². The zero-order valence-electron chi connectivity index (χ0n) is 10.9. The Morgan fingerprint density at radius 3 is 2.82 bits per heavy atom. The topological polar surface area (TPSA) is 73.1 Å². The fourth-order valence-electron chi connectivity index (χ4n) is 1.87. The van der Waals surface area contributed by atoms with E-state index in [9.17, 15) is 0 Å². The maximum atomic E-state index is 5.62. The number of aromatic nitrogens is 2. The Kier molecular flexibility index (Phi) is 6.04. The first-order valence-electron chi connectivity index (χ1n) is 6.01. The lowest BCUT2D eigenvalue weighted by atomic mass is 10.00. The summed E-state index contributed by atoms with van der Waals surface area (Å²) in [6.45, 7) is 4.77. The van der Waals surface area contributed by atoms with Gasteiger partial charge >= 0.3 is 0 Å². The first-order valence-corrected chi connectivity index (χ1v) is 6.01. The summed E-state index contributed by atoms with van der Waals surface area (Å²) in [5, 5.41) is 8.30. The number of hydrogen-bond donors (Lipinski definition) is 2. The number of rotatable bonds is 7. The first-order chi connectivity index (χ1) is 8.22. The lowest BCUT2D eigenvalue weighted by molar-refractivity contribution is 0.188. The molecule has 0 aliphatic carbocycles. The minimum absolute atomic E-state index is 0.120. The fourth-order valence-corrected chi connectivity index (χ4v) is 1.87. The first kappa shape index (κ1) is 14.0. The number of ether oxygens (including phenoxy) is 1. The van der Waals surface area contributed by atoms with Gasteiger partial charge in [-0.1, -0.05) is 6.92 Å². The van der Waals surface area contributed by atoms with Crippen LogP contribution in [0.15, 0.2) is 6.07 Å². The van der Waals surface area contributed by atoms with E-state index in [0.717, 1.165) is 42.8 Å². The average Bonchev–Trinajstić information content (AvgIpc) is 2.35. The van der Waals surface area contributed by atoms with E-state index in [1.54, 1.807) is 7.11 Å². The molecule has 0 bridgehead atoms. The summed E-state index contributed by atoms with van der Waals surface area (Å²) < 4.78 is 5.06. The number of methoxy groups -OCH3 is 1. The van der Waals surface area contributed by atoms with Gasteiger partial charge in [0.05, 0.1) is 11.4 Å². The van der Waals surface area contributed by atoms with Gasteiger partial charge in [0.2, 0.25) is 0 Å². The third-order valence-electron chi connectivity index (χ3n) is 2.78. The van der Waals surface area contributed by atoms with Crippen LogP contribution < -0.4 is 11.3 Å². The highest BCUT2D eigenvalue weighted by Crippen LogP contribution is 2.21. The van der Waals surface area contributed by atoms with Crippen LogP contribution in [0.4, 0.5) is 0 Å². The summed E-state index contributed by atoms with van der Waals surface area (Å²) in [5.74, 6) is 5.62. The number of nitrogens with one attached hydrogen (secondary N) is 1. The molecule has 96 valence electrons. The molecule has 3 N–H and O–H groups in total. The molecule has 0 spiro atoms. The average molecular weight is 238 g/mol. The summed E-state index contributed by atoms with van der Waals surface area (Å²) in [6, 6.07) is 2.18. The molecule has 5 heteroatoms. The number of aryl methyl sites for hydroxylation is 2. The molecule has 1 aromatic rings. The standard InChI is InChI=1S/C12H22N4O/c1-4-11-10(8-9(2)15-16-11)12(14-13)6-5-7-17-3/h8,12,14H,4-7,13H2,1-3H3. The molecule has 0 aromatic carbocycles. The molecular formula is C12H22N4O. The van der Waals surface area contributed by atoms with E-state index in [-0.39, 0.29) is 6.04 Å². The van der Waals surface area contributed by atoms with Crippen LogP contribution in [-0.2, 0) is 11.2 Å². The number of hydrogen-bond acceptors (Lipinski definition) is 5. The molecule has 0 aliphatic heterocycles. The summed E-state index contributed by atoms with van der Waals surface area (Å²) >= 11 is 0. The van der Waals surface area contributed by atoms with Crippen LogP contribution in [0.1, 0.15) is 42.8 Å². The fraction of sp³-hybridized carbons (Fsp3) is 0.667. The molecule has 0 aliphatic rings. The van der Waals surface area contributed by atoms with Gasteiger partial charge in [-0.25, -0.2) is 0 Å². The molecule has 0 radical (unpaired) electrons. The van der Waals surface area contributed by atoms with Gasteiger partial charge in [0.1, 0.15) is 0 Å². The van der Waals surface area contributed by atoms with Gasteiger partial charge in [-0.3, -0.25) is 11.3 Å². The van der Waals surface area contributed by atoms with E-state index >= 15 is 0 Å². The Morgan fingerprint density at radius 2 is 2.24 bits per heavy atom. The highest BCUT2D eigenvalue weighted by atomic mass is 16.5. The van der Waals surface area contributed by atoms with Crippen molar-refractivity contribution >= 4 is 0 Å². The molecule has 1 atom stereocenters. The molecular weight excluding hydrogens is 216 g/mol. The maximum absolute atomic E-state index is 5.62. The van der Waals surface area contributed by atoms with E-state index in [1.165, 1.54) is 0 Å². The van der Waals surface area contributed by atoms with E-state index in [4.69, 9.17) is 10.6 Å². The second kappa shape index (κ2) is 7.32. The van der Waals surface area contributed by atoms with Crippen LogP contribution in [-0.4, -0.2) is 23.9 Å². The van der Waals surface area contributed by atoms with Gasteiger partial charge in [0.15, 0.2) is 0 Å². The zero-order valence-corrected chi connectivity index (χ0v) is 10.9. The largest absolute Gasteiger partial charge is 0.385 e. The SMILES string of the molecule is CCc1nnc(C)cc1C(CCCOC)NN. The third kappa shape index (κ3) is 4.03. The Bertz CT molecular complexity index is 343. The number of nitrogens with zero attached hydrogens (tertiary/aromatic N) is 2. The summed E-state index contributed by atoms with van der Waals surface area (Å²) in [7, 11) is 1.71. The third-order valence-corrected chi connectivity index (χ3v) is 2.78. The predicted molar refractivity (Wildman–Crippen MR) is 67.3 cm³/mol. The van der Waals surface area contributed by atoms with Gasteiger partial charge in [0.25, 0.3) is 0 Å². The van der Waals surface area contributed by atoms with Crippen molar-refractivity contribution in [1.29, 1.82) is 0 Å². The Morgan fingerprint density at radius 1 is 1.47 bits per heavy atom. The highest BCUT2D eigenvalue weighted by molar-refractivity contribution is 5.24. The van der Waals surface area contributed by atoms with Gasteiger partial charge in [-0.15, -0.1) is 0 Å².